The normalized spacial score (nSPS) is 9.62. The van der Waals surface area contributed by atoms with Crippen molar-refractivity contribution < 1.29 is 4.39 Å². The standard InChI is InChI=1S/C11H11FS/c1-3-6-13-8-10-7-11(12)5-4-9(10)2/h1,4-5,7H,6,8H2,2H3. The number of rotatable bonds is 3. The second kappa shape index (κ2) is 4.94. The number of hydrogen-bond donors (Lipinski definition) is 0. The van der Waals surface area contributed by atoms with E-state index in [1.54, 1.807) is 23.9 Å². The zero-order chi connectivity index (χ0) is 9.68. The van der Waals surface area contributed by atoms with Crippen LogP contribution in [0.3, 0.4) is 0 Å². The van der Waals surface area contributed by atoms with Crippen molar-refractivity contribution in [2.75, 3.05) is 5.75 Å². The van der Waals surface area contributed by atoms with Crippen molar-refractivity contribution in [2.45, 2.75) is 12.7 Å². The number of halogens is 1. The van der Waals surface area contributed by atoms with Crippen LogP contribution in [-0.2, 0) is 5.75 Å². The summed E-state index contributed by atoms with van der Waals surface area (Å²) in [5.74, 6) is 3.82. The lowest BCUT2D eigenvalue weighted by atomic mass is 10.1. The molecule has 0 nitrogen and oxygen atoms in total. The fourth-order valence-corrected chi connectivity index (χ4v) is 1.77. The molecule has 0 aliphatic heterocycles. The van der Waals surface area contributed by atoms with E-state index in [-0.39, 0.29) is 5.82 Å². The Balaban J connectivity index is 2.65. The van der Waals surface area contributed by atoms with Crippen LogP contribution in [0.5, 0.6) is 0 Å². The van der Waals surface area contributed by atoms with Gasteiger partial charge in [0.05, 0.1) is 5.75 Å². The third-order valence-corrected chi connectivity index (χ3v) is 2.64. The summed E-state index contributed by atoms with van der Waals surface area (Å²) >= 11 is 1.63. The first-order chi connectivity index (χ1) is 6.24. The third kappa shape index (κ3) is 3.12. The van der Waals surface area contributed by atoms with Crippen LogP contribution in [0.25, 0.3) is 0 Å². The second-order valence-corrected chi connectivity index (χ2v) is 3.75. The summed E-state index contributed by atoms with van der Waals surface area (Å²) in [5, 5.41) is 0. The topological polar surface area (TPSA) is 0 Å². The molecule has 0 amide bonds. The Morgan fingerprint density at radius 3 is 3.00 bits per heavy atom. The fourth-order valence-electron chi connectivity index (χ4n) is 1.02. The summed E-state index contributed by atoms with van der Waals surface area (Å²) in [5.41, 5.74) is 2.14. The van der Waals surface area contributed by atoms with Crippen molar-refractivity contribution in [3.8, 4) is 12.3 Å². The Labute approximate surface area is 82.5 Å². The largest absolute Gasteiger partial charge is 0.207 e. The molecule has 0 unspecified atom stereocenters. The minimum absolute atomic E-state index is 0.179. The average molecular weight is 194 g/mol. The van der Waals surface area contributed by atoms with Gasteiger partial charge in [-0.15, -0.1) is 18.2 Å². The first-order valence-electron chi connectivity index (χ1n) is 4.00. The van der Waals surface area contributed by atoms with Gasteiger partial charge in [0.2, 0.25) is 0 Å². The van der Waals surface area contributed by atoms with Crippen molar-refractivity contribution >= 4 is 11.8 Å². The molecule has 0 aliphatic rings. The molecule has 2 heteroatoms. The molecule has 68 valence electrons. The first kappa shape index (κ1) is 10.1. The van der Waals surface area contributed by atoms with Crippen molar-refractivity contribution in [1.82, 2.24) is 0 Å². The Morgan fingerprint density at radius 1 is 1.54 bits per heavy atom. The second-order valence-electron chi connectivity index (χ2n) is 2.77. The van der Waals surface area contributed by atoms with Gasteiger partial charge in [-0.2, -0.15) is 0 Å². The zero-order valence-corrected chi connectivity index (χ0v) is 8.33. The molecule has 1 aromatic carbocycles. The summed E-state index contributed by atoms with van der Waals surface area (Å²) in [6, 6.07) is 4.84. The van der Waals surface area contributed by atoms with Gasteiger partial charge < -0.3 is 0 Å². The van der Waals surface area contributed by atoms with Gasteiger partial charge >= 0.3 is 0 Å². The van der Waals surface area contributed by atoms with Crippen LogP contribution < -0.4 is 0 Å². The van der Waals surface area contributed by atoms with Gasteiger partial charge in [0.25, 0.3) is 0 Å². The Kier molecular flexibility index (Phi) is 3.85. The predicted molar refractivity (Wildman–Crippen MR) is 56.1 cm³/mol. The maximum atomic E-state index is 12.8. The minimum Gasteiger partial charge on any atom is -0.207 e. The van der Waals surface area contributed by atoms with E-state index in [4.69, 9.17) is 6.42 Å². The van der Waals surface area contributed by atoms with Crippen molar-refractivity contribution in [2.24, 2.45) is 0 Å². The monoisotopic (exact) mass is 194 g/mol. The minimum atomic E-state index is -0.179. The molecule has 0 fully saturated rings. The third-order valence-electron chi connectivity index (χ3n) is 1.75. The molecule has 0 saturated heterocycles. The van der Waals surface area contributed by atoms with E-state index in [9.17, 15) is 4.39 Å². The lowest BCUT2D eigenvalue weighted by molar-refractivity contribution is 0.626. The molecule has 0 N–H and O–H groups in total. The maximum Gasteiger partial charge on any atom is 0.123 e. The summed E-state index contributed by atoms with van der Waals surface area (Å²) in [6.45, 7) is 1.98. The molecule has 1 rings (SSSR count). The van der Waals surface area contributed by atoms with Crippen molar-refractivity contribution in [3.05, 3.63) is 35.1 Å². The molecular formula is C11H11FS. The van der Waals surface area contributed by atoms with Crippen LogP contribution in [0.4, 0.5) is 4.39 Å². The van der Waals surface area contributed by atoms with Gasteiger partial charge in [0, 0.05) is 5.75 Å². The zero-order valence-electron chi connectivity index (χ0n) is 7.51. The summed E-state index contributed by atoms with van der Waals surface area (Å²) in [7, 11) is 0. The van der Waals surface area contributed by atoms with Gasteiger partial charge in [-0.25, -0.2) is 4.39 Å². The molecular weight excluding hydrogens is 183 g/mol. The highest BCUT2D eigenvalue weighted by Crippen LogP contribution is 2.16. The molecule has 0 atom stereocenters. The number of hydrogen-bond acceptors (Lipinski definition) is 1. The molecule has 13 heavy (non-hydrogen) atoms. The van der Waals surface area contributed by atoms with E-state index in [0.717, 1.165) is 16.9 Å². The highest BCUT2D eigenvalue weighted by Gasteiger charge is 1.99. The van der Waals surface area contributed by atoms with Gasteiger partial charge in [-0.1, -0.05) is 12.0 Å². The first-order valence-corrected chi connectivity index (χ1v) is 5.15. The van der Waals surface area contributed by atoms with Crippen LogP contribution in [0.15, 0.2) is 18.2 Å². The number of aryl methyl sites for hydroxylation is 1. The van der Waals surface area contributed by atoms with Crippen LogP contribution in [0.1, 0.15) is 11.1 Å². The van der Waals surface area contributed by atoms with E-state index in [0.29, 0.717) is 5.75 Å². The molecule has 0 saturated carbocycles. The van der Waals surface area contributed by atoms with Crippen LogP contribution in [-0.4, -0.2) is 5.75 Å². The van der Waals surface area contributed by atoms with E-state index >= 15 is 0 Å². The summed E-state index contributed by atoms with van der Waals surface area (Å²) in [4.78, 5) is 0. The van der Waals surface area contributed by atoms with E-state index in [1.165, 1.54) is 6.07 Å². The maximum absolute atomic E-state index is 12.8. The highest BCUT2D eigenvalue weighted by molar-refractivity contribution is 7.98. The van der Waals surface area contributed by atoms with Crippen molar-refractivity contribution in [3.63, 3.8) is 0 Å². The van der Waals surface area contributed by atoms with Gasteiger partial charge in [-0.05, 0) is 30.2 Å². The lowest BCUT2D eigenvalue weighted by Gasteiger charge is -2.03. The number of terminal acetylenes is 1. The van der Waals surface area contributed by atoms with Gasteiger partial charge in [0.15, 0.2) is 0 Å². The van der Waals surface area contributed by atoms with Crippen LogP contribution in [0, 0.1) is 25.1 Å². The van der Waals surface area contributed by atoms with Crippen LogP contribution in [0.2, 0.25) is 0 Å². The Bertz CT molecular complexity index is 325. The summed E-state index contributed by atoms with van der Waals surface area (Å²) < 4.78 is 12.8. The Morgan fingerprint density at radius 2 is 2.31 bits per heavy atom. The van der Waals surface area contributed by atoms with Gasteiger partial charge in [0.1, 0.15) is 5.82 Å². The number of thioether (sulfide) groups is 1. The van der Waals surface area contributed by atoms with Crippen LogP contribution >= 0.6 is 11.8 Å². The molecule has 0 radical (unpaired) electrons. The number of benzene rings is 1. The van der Waals surface area contributed by atoms with Crippen molar-refractivity contribution in [1.29, 1.82) is 0 Å². The van der Waals surface area contributed by atoms with Gasteiger partial charge in [-0.3, -0.25) is 0 Å². The molecule has 0 spiro atoms. The van der Waals surface area contributed by atoms with E-state index in [1.807, 2.05) is 6.92 Å². The Hall–Kier alpha value is -0.940. The van der Waals surface area contributed by atoms with E-state index in [2.05, 4.69) is 5.92 Å². The molecule has 0 heterocycles. The van der Waals surface area contributed by atoms with E-state index < -0.39 is 0 Å². The molecule has 0 aromatic heterocycles. The SMILES string of the molecule is C#CCSCc1cc(F)ccc1C. The predicted octanol–water partition coefficient (Wildman–Crippen LogP) is 3.00. The summed E-state index contributed by atoms with van der Waals surface area (Å²) in [6.07, 6.45) is 5.12. The smallest absolute Gasteiger partial charge is 0.123 e. The lowest BCUT2D eigenvalue weighted by Crippen LogP contribution is -1.88. The quantitative estimate of drug-likeness (QED) is 0.526. The molecule has 0 aliphatic carbocycles. The molecule has 1 aromatic rings. The fraction of sp³-hybridized carbons (Fsp3) is 0.273. The molecule has 0 bridgehead atoms. The average Bonchev–Trinajstić information content (AvgIpc) is 2.11. The highest BCUT2D eigenvalue weighted by atomic mass is 32.2.